The van der Waals surface area contributed by atoms with E-state index in [2.05, 4.69) is 64.1 Å². The predicted octanol–water partition coefficient (Wildman–Crippen LogP) is 7.16. The van der Waals surface area contributed by atoms with E-state index in [4.69, 9.17) is 20.4 Å². The highest BCUT2D eigenvalue weighted by molar-refractivity contribution is 5.84. The summed E-state index contributed by atoms with van der Waals surface area (Å²) in [5, 5.41) is 9.18. The van der Waals surface area contributed by atoms with Crippen LogP contribution in [0.1, 0.15) is 82.8 Å². The minimum atomic E-state index is -0.221. The van der Waals surface area contributed by atoms with Crippen molar-refractivity contribution >= 4 is 12.0 Å². The van der Waals surface area contributed by atoms with E-state index in [1.165, 1.54) is 34.0 Å². The van der Waals surface area contributed by atoms with E-state index in [1.54, 1.807) is 6.08 Å². The maximum Gasteiger partial charge on any atom is 0.324 e. The van der Waals surface area contributed by atoms with Gasteiger partial charge in [0.1, 0.15) is 11.6 Å². The van der Waals surface area contributed by atoms with Gasteiger partial charge in [0.25, 0.3) is 0 Å². The van der Waals surface area contributed by atoms with Gasteiger partial charge < -0.3 is 20.5 Å². The molecule has 0 aliphatic carbocycles. The molecule has 1 aromatic heterocycles. The molecule has 39 heavy (non-hydrogen) atoms. The largest absolute Gasteiger partial charge is 0.423 e. The zero-order chi connectivity index (χ0) is 30.3. The average molecular weight is 540 g/mol. The van der Waals surface area contributed by atoms with E-state index in [1.807, 2.05) is 41.5 Å². The van der Waals surface area contributed by atoms with Crippen molar-refractivity contribution in [2.75, 3.05) is 24.6 Å². The van der Waals surface area contributed by atoms with Crippen LogP contribution in [0.4, 0.5) is 5.82 Å². The summed E-state index contributed by atoms with van der Waals surface area (Å²) in [5.74, 6) is 1.30. The highest BCUT2D eigenvalue weighted by Crippen LogP contribution is 2.40. The normalized spacial score (nSPS) is 11.8. The first-order chi connectivity index (χ1) is 18.6. The monoisotopic (exact) mass is 539 g/mol. The third-order valence-electron chi connectivity index (χ3n) is 6.45. The Balaban J connectivity index is 0.00000344. The second kappa shape index (κ2) is 18.3. The number of allylic oxidation sites excluding steroid dienone is 2. The van der Waals surface area contributed by atoms with Gasteiger partial charge in [-0.25, -0.2) is 0 Å². The summed E-state index contributed by atoms with van der Waals surface area (Å²) in [5.41, 5.74) is 14.2. The number of anilines is 1. The number of hydrogen-bond acceptors (Lipinski definition) is 7. The first-order valence-electron chi connectivity index (χ1n) is 14.2. The third kappa shape index (κ3) is 9.59. The predicted molar refractivity (Wildman–Crippen MR) is 169 cm³/mol. The fraction of sp³-hybridized carbons (Fsp3) is 0.531. The molecule has 7 nitrogen and oxygen atoms in total. The number of aliphatic hydroxyl groups excluding tert-OH is 1. The van der Waals surface area contributed by atoms with Crippen LogP contribution in [0.25, 0.3) is 11.1 Å². The fourth-order valence-corrected chi connectivity index (χ4v) is 4.20. The van der Waals surface area contributed by atoms with E-state index in [-0.39, 0.29) is 18.7 Å². The third-order valence-corrected chi connectivity index (χ3v) is 6.45. The van der Waals surface area contributed by atoms with Gasteiger partial charge >= 0.3 is 6.01 Å². The average Bonchev–Trinajstić information content (AvgIpc) is 2.93. The van der Waals surface area contributed by atoms with Gasteiger partial charge in [-0.3, -0.25) is 4.99 Å². The number of nitrogens with zero attached hydrogens (tertiary/aromatic N) is 4. The summed E-state index contributed by atoms with van der Waals surface area (Å²) in [6.07, 6.45) is 4.12. The molecule has 0 spiro atoms. The second-order valence-corrected chi connectivity index (χ2v) is 8.91. The lowest BCUT2D eigenvalue weighted by Gasteiger charge is -2.32. The zero-order valence-electron chi connectivity index (χ0n) is 26.6. The Hall–Kier alpha value is -3.03. The number of benzene rings is 1. The Morgan fingerprint density at radius 2 is 1.64 bits per heavy atom. The Morgan fingerprint density at radius 1 is 1.08 bits per heavy atom. The molecule has 2 rings (SSSR count). The molecule has 0 fully saturated rings. The van der Waals surface area contributed by atoms with Crippen molar-refractivity contribution in [3.63, 3.8) is 0 Å². The molecular weight excluding hydrogens is 486 g/mol. The molecule has 0 saturated carbocycles. The fourth-order valence-electron chi connectivity index (χ4n) is 4.20. The van der Waals surface area contributed by atoms with Crippen LogP contribution in [0.2, 0.25) is 0 Å². The SMILES string of the molecule is C=C(CO)N=C/C(=C\C)Oc1nc(C)c(-c2c(C)c(C)cc(C)c2C)c(N(CC)C(C)CCN)n1.CC.CC. The molecule has 1 unspecified atom stereocenters. The van der Waals surface area contributed by atoms with Crippen LogP contribution in [0, 0.1) is 34.6 Å². The Bertz CT molecular complexity index is 1100. The summed E-state index contributed by atoms with van der Waals surface area (Å²) in [4.78, 5) is 16.1. The van der Waals surface area contributed by atoms with Gasteiger partial charge in [-0.2, -0.15) is 9.97 Å². The van der Waals surface area contributed by atoms with Gasteiger partial charge in [-0.1, -0.05) is 40.3 Å². The molecule has 1 aromatic carbocycles. The smallest absolute Gasteiger partial charge is 0.324 e. The molecule has 0 aliphatic rings. The number of nitrogens with two attached hydrogens (primary N) is 1. The van der Waals surface area contributed by atoms with E-state index in [0.29, 0.717) is 18.0 Å². The Morgan fingerprint density at radius 3 is 2.10 bits per heavy atom. The molecule has 0 saturated heterocycles. The zero-order valence-corrected chi connectivity index (χ0v) is 26.6. The molecular formula is C32H53N5O2. The molecule has 7 heteroatoms. The molecule has 1 heterocycles. The van der Waals surface area contributed by atoms with Crippen LogP contribution in [-0.4, -0.2) is 47.0 Å². The van der Waals surface area contributed by atoms with Gasteiger partial charge in [0.2, 0.25) is 0 Å². The van der Waals surface area contributed by atoms with Crippen molar-refractivity contribution in [2.45, 2.75) is 95.5 Å². The number of aliphatic hydroxyl groups is 1. The highest BCUT2D eigenvalue weighted by Gasteiger charge is 2.25. The molecule has 1 atom stereocenters. The maximum atomic E-state index is 9.18. The number of ether oxygens (including phenoxy) is 1. The van der Waals surface area contributed by atoms with Crippen molar-refractivity contribution in [1.29, 1.82) is 0 Å². The topological polar surface area (TPSA) is 96.9 Å². The van der Waals surface area contributed by atoms with Gasteiger partial charge in [0, 0.05) is 18.2 Å². The minimum absolute atomic E-state index is 0.188. The van der Waals surface area contributed by atoms with Crippen molar-refractivity contribution in [2.24, 2.45) is 10.7 Å². The lowest BCUT2D eigenvalue weighted by molar-refractivity contribution is 0.330. The Kier molecular flexibility index (Phi) is 16.9. The number of aliphatic imine (C=N–C) groups is 1. The lowest BCUT2D eigenvalue weighted by atomic mass is 9.89. The van der Waals surface area contributed by atoms with Crippen LogP contribution in [0.5, 0.6) is 6.01 Å². The minimum Gasteiger partial charge on any atom is -0.423 e. The van der Waals surface area contributed by atoms with Gasteiger partial charge in [0.15, 0.2) is 0 Å². The molecule has 0 amide bonds. The number of hydrogen-bond donors (Lipinski definition) is 2. The van der Waals surface area contributed by atoms with Crippen molar-refractivity contribution in [3.8, 4) is 17.1 Å². The summed E-state index contributed by atoms with van der Waals surface area (Å²) in [6, 6.07) is 2.66. The van der Waals surface area contributed by atoms with Crippen molar-refractivity contribution in [1.82, 2.24) is 9.97 Å². The van der Waals surface area contributed by atoms with Gasteiger partial charge in [-0.05, 0) is 102 Å². The lowest BCUT2D eigenvalue weighted by Crippen LogP contribution is -2.36. The van der Waals surface area contributed by atoms with E-state index < -0.39 is 0 Å². The number of rotatable bonds is 11. The van der Waals surface area contributed by atoms with Crippen molar-refractivity contribution < 1.29 is 9.84 Å². The standard InChI is InChI=1S/C28H41N5O2.2C2H6/c1-10-24(15-30-19(5)16-34)35-28-31-23(9)26(25-21(7)17(3)14-18(4)22(25)8)27(32-28)33(11-2)20(6)12-13-29;2*1-2/h10,14-15,20,34H,5,11-13,16,29H2,1-4,6-9H3;2*1-2H3/b24-10+,30-15?;;. The molecule has 218 valence electrons. The molecule has 0 radical (unpaired) electrons. The molecule has 2 aromatic rings. The second-order valence-electron chi connectivity index (χ2n) is 8.91. The summed E-state index contributed by atoms with van der Waals surface area (Å²) in [6.45, 7) is 29.6. The molecule has 3 N–H and O–H groups in total. The van der Waals surface area contributed by atoms with Crippen LogP contribution in [0.3, 0.4) is 0 Å². The van der Waals surface area contributed by atoms with E-state index in [0.717, 1.165) is 30.0 Å². The van der Waals surface area contributed by atoms with Crippen LogP contribution in [0.15, 0.2) is 35.2 Å². The Labute approximate surface area is 237 Å². The first-order valence-corrected chi connectivity index (χ1v) is 14.2. The van der Waals surface area contributed by atoms with Crippen LogP contribution in [-0.2, 0) is 0 Å². The number of aryl methyl sites for hydroxylation is 3. The summed E-state index contributed by atoms with van der Waals surface area (Å²) in [7, 11) is 0. The van der Waals surface area contributed by atoms with Gasteiger partial charge in [0.05, 0.1) is 24.2 Å². The van der Waals surface area contributed by atoms with E-state index >= 15 is 0 Å². The van der Waals surface area contributed by atoms with Crippen LogP contribution < -0.4 is 15.4 Å². The summed E-state index contributed by atoms with van der Waals surface area (Å²) >= 11 is 0. The highest BCUT2D eigenvalue weighted by atomic mass is 16.5. The van der Waals surface area contributed by atoms with Crippen molar-refractivity contribution in [3.05, 3.63) is 58.1 Å². The quantitative estimate of drug-likeness (QED) is 0.232. The van der Waals surface area contributed by atoms with Gasteiger partial charge in [-0.15, -0.1) is 0 Å². The molecule has 0 aliphatic heterocycles. The molecule has 0 bridgehead atoms. The first kappa shape index (κ1) is 36.0. The maximum absolute atomic E-state index is 9.18. The van der Waals surface area contributed by atoms with E-state index in [9.17, 15) is 5.11 Å². The van der Waals surface area contributed by atoms with Crippen LogP contribution >= 0.6 is 0 Å². The number of aromatic nitrogens is 2. The summed E-state index contributed by atoms with van der Waals surface area (Å²) < 4.78 is 6.03.